The Morgan fingerprint density at radius 3 is 2.20 bits per heavy atom. The summed E-state index contributed by atoms with van der Waals surface area (Å²) in [5.74, 6) is 0.327. The lowest BCUT2D eigenvalue weighted by molar-refractivity contribution is 0.476. The lowest BCUT2D eigenvalue weighted by Gasteiger charge is -2.19. The number of hydrogen-bond donors (Lipinski definition) is 1. The molecule has 0 atom stereocenters. The molecule has 0 radical (unpaired) electrons. The van der Waals surface area contributed by atoms with E-state index in [9.17, 15) is 5.11 Å². The van der Waals surface area contributed by atoms with Crippen molar-refractivity contribution in [2.75, 3.05) is 0 Å². The number of hydrogen-bond acceptors (Lipinski definition) is 1. The number of phenols is 1. The third kappa shape index (κ3) is 1.96. The Morgan fingerprint density at radius 1 is 0.867 bits per heavy atom. The van der Waals surface area contributed by atoms with Gasteiger partial charge in [0.2, 0.25) is 0 Å². The molecule has 0 aliphatic rings. The summed E-state index contributed by atoms with van der Waals surface area (Å²) >= 11 is 0. The standard InChI is InChI=1S/C14H16O/c1-14(2,3)12-6-4-10-5-7-13(15)9-11(10)8-12/h4-9,15H,1-3H3. The smallest absolute Gasteiger partial charge is 0.116 e. The van der Waals surface area contributed by atoms with Gasteiger partial charge in [-0.05, 0) is 33.9 Å². The molecule has 0 fully saturated rings. The molecule has 1 N–H and O–H groups in total. The van der Waals surface area contributed by atoms with Crippen molar-refractivity contribution in [3.05, 3.63) is 42.0 Å². The van der Waals surface area contributed by atoms with E-state index in [0.717, 1.165) is 5.39 Å². The van der Waals surface area contributed by atoms with Gasteiger partial charge in [0.05, 0.1) is 0 Å². The second-order valence-electron chi connectivity index (χ2n) is 5.00. The Hall–Kier alpha value is -1.50. The lowest BCUT2D eigenvalue weighted by atomic mass is 9.86. The topological polar surface area (TPSA) is 20.2 Å². The van der Waals surface area contributed by atoms with Gasteiger partial charge >= 0.3 is 0 Å². The van der Waals surface area contributed by atoms with Gasteiger partial charge in [0.15, 0.2) is 0 Å². The van der Waals surface area contributed by atoms with Crippen LogP contribution in [0.25, 0.3) is 10.8 Å². The maximum atomic E-state index is 9.42. The molecule has 15 heavy (non-hydrogen) atoms. The van der Waals surface area contributed by atoms with Crippen molar-refractivity contribution < 1.29 is 5.11 Å². The highest BCUT2D eigenvalue weighted by Gasteiger charge is 2.13. The Bertz CT molecular complexity index is 492. The van der Waals surface area contributed by atoms with Gasteiger partial charge < -0.3 is 5.11 Å². The van der Waals surface area contributed by atoms with E-state index in [2.05, 4.69) is 39.0 Å². The molecule has 0 aromatic heterocycles. The first-order valence-electron chi connectivity index (χ1n) is 5.20. The van der Waals surface area contributed by atoms with E-state index in [-0.39, 0.29) is 5.41 Å². The van der Waals surface area contributed by atoms with Crippen LogP contribution in [-0.4, -0.2) is 5.11 Å². The Morgan fingerprint density at radius 2 is 1.53 bits per heavy atom. The molecule has 0 aliphatic carbocycles. The highest BCUT2D eigenvalue weighted by molar-refractivity contribution is 5.84. The molecule has 0 spiro atoms. The van der Waals surface area contributed by atoms with Crippen LogP contribution in [0.5, 0.6) is 5.75 Å². The molecule has 0 saturated carbocycles. The second kappa shape index (κ2) is 3.27. The van der Waals surface area contributed by atoms with E-state index in [4.69, 9.17) is 0 Å². The molecule has 0 saturated heterocycles. The van der Waals surface area contributed by atoms with Gasteiger partial charge in [-0.15, -0.1) is 0 Å². The molecular weight excluding hydrogens is 184 g/mol. The molecule has 2 rings (SSSR count). The fourth-order valence-corrected chi connectivity index (χ4v) is 1.70. The van der Waals surface area contributed by atoms with E-state index >= 15 is 0 Å². The number of phenolic OH excluding ortho intramolecular Hbond substituents is 1. The largest absolute Gasteiger partial charge is 0.508 e. The quantitative estimate of drug-likeness (QED) is 0.685. The first kappa shape index (κ1) is 10.0. The molecule has 2 aromatic rings. The van der Waals surface area contributed by atoms with E-state index in [1.165, 1.54) is 10.9 Å². The minimum Gasteiger partial charge on any atom is -0.508 e. The summed E-state index contributed by atoms with van der Waals surface area (Å²) in [6.07, 6.45) is 0. The summed E-state index contributed by atoms with van der Waals surface area (Å²) in [6.45, 7) is 6.57. The summed E-state index contributed by atoms with van der Waals surface area (Å²) in [6, 6.07) is 11.9. The van der Waals surface area contributed by atoms with Crippen LogP contribution < -0.4 is 0 Å². The van der Waals surface area contributed by atoms with Crippen molar-refractivity contribution in [1.82, 2.24) is 0 Å². The normalized spacial score (nSPS) is 11.9. The molecule has 1 heteroatoms. The van der Waals surface area contributed by atoms with Gasteiger partial charge in [-0.2, -0.15) is 0 Å². The maximum Gasteiger partial charge on any atom is 0.116 e. The van der Waals surface area contributed by atoms with Crippen LogP contribution in [0.3, 0.4) is 0 Å². The van der Waals surface area contributed by atoms with Crippen molar-refractivity contribution in [3.63, 3.8) is 0 Å². The number of rotatable bonds is 0. The molecule has 0 heterocycles. The van der Waals surface area contributed by atoms with Crippen LogP contribution in [0.15, 0.2) is 36.4 Å². The maximum absolute atomic E-state index is 9.42. The monoisotopic (exact) mass is 200 g/mol. The van der Waals surface area contributed by atoms with E-state index in [0.29, 0.717) is 5.75 Å². The first-order valence-corrected chi connectivity index (χ1v) is 5.20. The van der Waals surface area contributed by atoms with E-state index in [1.54, 1.807) is 6.07 Å². The fourth-order valence-electron chi connectivity index (χ4n) is 1.70. The fraction of sp³-hybridized carbons (Fsp3) is 0.286. The van der Waals surface area contributed by atoms with Crippen LogP contribution in [0.4, 0.5) is 0 Å². The third-order valence-electron chi connectivity index (χ3n) is 2.69. The number of fused-ring (bicyclic) bond motifs is 1. The van der Waals surface area contributed by atoms with Gasteiger partial charge in [-0.25, -0.2) is 0 Å². The zero-order chi connectivity index (χ0) is 11.1. The van der Waals surface area contributed by atoms with E-state index < -0.39 is 0 Å². The van der Waals surface area contributed by atoms with Gasteiger partial charge in [0.1, 0.15) is 5.75 Å². The summed E-state index contributed by atoms with van der Waals surface area (Å²) < 4.78 is 0. The number of benzene rings is 2. The van der Waals surface area contributed by atoms with Gasteiger partial charge in [0.25, 0.3) is 0 Å². The van der Waals surface area contributed by atoms with Crippen molar-refractivity contribution >= 4 is 10.8 Å². The van der Waals surface area contributed by atoms with Gasteiger partial charge in [-0.1, -0.05) is 45.0 Å². The highest BCUT2D eigenvalue weighted by atomic mass is 16.3. The summed E-state index contributed by atoms with van der Waals surface area (Å²) in [7, 11) is 0. The average Bonchev–Trinajstić information content (AvgIpc) is 2.15. The molecule has 1 nitrogen and oxygen atoms in total. The Balaban J connectivity index is 2.64. The Labute approximate surface area is 90.4 Å². The second-order valence-corrected chi connectivity index (χ2v) is 5.00. The third-order valence-corrected chi connectivity index (χ3v) is 2.69. The highest BCUT2D eigenvalue weighted by Crippen LogP contribution is 2.27. The minimum absolute atomic E-state index is 0.152. The molecular formula is C14H16O. The van der Waals surface area contributed by atoms with Gasteiger partial charge in [-0.3, -0.25) is 0 Å². The predicted molar refractivity (Wildman–Crippen MR) is 64.3 cm³/mol. The van der Waals surface area contributed by atoms with Crippen molar-refractivity contribution in [2.24, 2.45) is 0 Å². The molecule has 2 aromatic carbocycles. The van der Waals surface area contributed by atoms with Crippen molar-refractivity contribution in [2.45, 2.75) is 26.2 Å². The lowest BCUT2D eigenvalue weighted by Crippen LogP contribution is -2.10. The van der Waals surface area contributed by atoms with Crippen LogP contribution in [0.1, 0.15) is 26.3 Å². The predicted octanol–water partition coefficient (Wildman–Crippen LogP) is 3.84. The number of aromatic hydroxyl groups is 1. The molecule has 78 valence electrons. The molecule has 0 aliphatic heterocycles. The SMILES string of the molecule is CC(C)(C)c1ccc2ccc(O)cc2c1. The van der Waals surface area contributed by atoms with Crippen LogP contribution in [0.2, 0.25) is 0 Å². The average molecular weight is 200 g/mol. The zero-order valence-corrected chi connectivity index (χ0v) is 9.41. The summed E-state index contributed by atoms with van der Waals surface area (Å²) in [4.78, 5) is 0. The van der Waals surface area contributed by atoms with Crippen LogP contribution in [-0.2, 0) is 5.41 Å². The van der Waals surface area contributed by atoms with E-state index in [1.807, 2.05) is 12.1 Å². The molecule has 0 unspecified atom stereocenters. The molecule has 0 amide bonds. The Kier molecular flexibility index (Phi) is 2.18. The summed E-state index contributed by atoms with van der Waals surface area (Å²) in [5, 5.41) is 11.7. The van der Waals surface area contributed by atoms with Crippen molar-refractivity contribution in [3.8, 4) is 5.75 Å². The molecule has 0 bridgehead atoms. The van der Waals surface area contributed by atoms with Crippen molar-refractivity contribution in [1.29, 1.82) is 0 Å². The van der Waals surface area contributed by atoms with Gasteiger partial charge in [0, 0.05) is 0 Å². The first-order chi connectivity index (χ1) is 6.97. The zero-order valence-electron chi connectivity index (χ0n) is 9.41. The van der Waals surface area contributed by atoms with Crippen LogP contribution in [0, 0.1) is 0 Å². The minimum atomic E-state index is 0.152. The van der Waals surface area contributed by atoms with Crippen LogP contribution >= 0.6 is 0 Å². The summed E-state index contributed by atoms with van der Waals surface area (Å²) in [5.41, 5.74) is 1.44.